The number of benzene rings is 1. The minimum Gasteiger partial charge on any atom is -0.457 e. The number of hydrogen-bond donors (Lipinski definition) is 0. The summed E-state index contributed by atoms with van der Waals surface area (Å²) in [5.74, 6) is -1.57. The van der Waals surface area contributed by atoms with E-state index in [2.05, 4.69) is 4.98 Å². The molecule has 0 unspecified atom stereocenters. The van der Waals surface area contributed by atoms with Crippen LogP contribution in [0.25, 0.3) is 0 Å². The van der Waals surface area contributed by atoms with Crippen molar-refractivity contribution in [2.24, 2.45) is 0 Å². The largest absolute Gasteiger partial charge is 0.457 e. The molecule has 2 aromatic rings. The number of carbonyl (C=O) groups is 1. The second kappa shape index (κ2) is 5.60. The molecule has 5 heteroatoms. The Morgan fingerprint density at radius 1 is 1.28 bits per heavy atom. The van der Waals surface area contributed by atoms with Crippen molar-refractivity contribution in [1.29, 1.82) is 0 Å². The molecule has 92 valence electrons. The summed E-state index contributed by atoms with van der Waals surface area (Å²) in [6.45, 7) is 0.0599. The lowest BCUT2D eigenvalue weighted by Gasteiger charge is -2.05. The Hall–Kier alpha value is -1.94. The molecule has 18 heavy (non-hydrogen) atoms. The molecule has 0 aliphatic heterocycles. The van der Waals surface area contributed by atoms with E-state index in [1.54, 1.807) is 24.3 Å². The number of rotatable bonds is 3. The first-order chi connectivity index (χ1) is 8.66. The number of nitrogens with zero attached hydrogens (tertiary/aromatic N) is 1. The van der Waals surface area contributed by atoms with Gasteiger partial charge < -0.3 is 4.74 Å². The maximum Gasteiger partial charge on any atom is 0.343 e. The van der Waals surface area contributed by atoms with Crippen molar-refractivity contribution in [1.82, 2.24) is 4.98 Å². The summed E-state index contributed by atoms with van der Waals surface area (Å²) in [7, 11) is 0. The molecule has 1 aromatic carbocycles. The van der Waals surface area contributed by atoms with Gasteiger partial charge in [0.05, 0.1) is 0 Å². The van der Waals surface area contributed by atoms with E-state index in [-0.39, 0.29) is 12.2 Å². The van der Waals surface area contributed by atoms with Crippen LogP contribution in [-0.2, 0) is 11.3 Å². The van der Waals surface area contributed by atoms with Crippen LogP contribution >= 0.6 is 11.6 Å². The van der Waals surface area contributed by atoms with Crippen molar-refractivity contribution >= 4 is 17.6 Å². The maximum atomic E-state index is 13.2. The fourth-order valence-electron chi connectivity index (χ4n) is 1.35. The molecule has 0 atom stereocenters. The van der Waals surface area contributed by atoms with Crippen molar-refractivity contribution in [2.75, 3.05) is 0 Å². The van der Waals surface area contributed by atoms with Crippen LogP contribution in [0.4, 0.5) is 4.39 Å². The molecule has 0 radical (unpaired) electrons. The monoisotopic (exact) mass is 265 g/mol. The predicted octanol–water partition coefficient (Wildman–Crippen LogP) is 3.23. The number of hydrogen-bond acceptors (Lipinski definition) is 3. The molecule has 0 fully saturated rings. The summed E-state index contributed by atoms with van der Waals surface area (Å²) in [6, 6.07) is 9.64. The zero-order valence-electron chi connectivity index (χ0n) is 9.27. The first kappa shape index (κ1) is 12.5. The van der Waals surface area contributed by atoms with E-state index in [9.17, 15) is 9.18 Å². The summed E-state index contributed by atoms with van der Waals surface area (Å²) in [5, 5.41) is 0.600. The van der Waals surface area contributed by atoms with Crippen LogP contribution in [0.15, 0.2) is 42.6 Å². The van der Waals surface area contributed by atoms with Crippen LogP contribution in [-0.4, -0.2) is 11.0 Å². The number of aromatic nitrogens is 1. The first-order valence-electron chi connectivity index (χ1n) is 5.19. The van der Waals surface area contributed by atoms with Crippen molar-refractivity contribution in [3.05, 3.63) is 64.7 Å². The Balaban J connectivity index is 2.01. The number of pyridine rings is 1. The summed E-state index contributed by atoms with van der Waals surface area (Å²) in [4.78, 5) is 15.0. The van der Waals surface area contributed by atoms with Gasteiger partial charge in [-0.25, -0.2) is 9.78 Å². The molecule has 0 N–H and O–H groups in total. The minimum atomic E-state index is -0.835. The third-order valence-corrected chi connectivity index (χ3v) is 2.51. The lowest BCUT2D eigenvalue weighted by Crippen LogP contribution is -2.08. The van der Waals surface area contributed by atoms with Crippen molar-refractivity contribution in [2.45, 2.75) is 6.61 Å². The van der Waals surface area contributed by atoms with Crippen LogP contribution < -0.4 is 0 Å². The standard InChI is InChI=1S/C13H9ClFNO2/c14-10-5-3-9(4-6-10)8-18-13(17)11-2-1-7-16-12(11)15/h1-7H,8H2. The van der Waals surface area contributed by atoms with Crippen LogP contribution in [0.2, 0.25) is 5.02 Å². The first-order valence-corrected chi connectivity index (χ1v) is 5.56. The van der Waals surface area contributed by atoms with Gasteiger partial charge in [0.1, 0.15) is 12.2 Å². The zero-order valence-corrected chi connectivity index (χ0v) is 10.0. The molecule has 1 heterocycles. The molecule has 0 spiro atoms. The third-order valence-electron chi connectivity index (χ3n) is 2.26. The molecule has 0 saturated carbocycles. The van der Waals surface area contributed by atoms with Gasteiger partial charge in [-0.05, 0) is 29.8 Å². The van der Waals surface area contributed by atoms with Crippen molar-refractivity contribution in [3.63, 3.8) is 0 Å². The van der Waals surface area contributed by atoms with Crippen LogP contribution in [0.3, 0.4) is 0 Å². The SMILES string of the molecule is O=C(OCc1ccc(Cl)cc1)c1cccnc1F. The van der Waals surface area contributed by atoms with Crippen LogP contribution in [0.1, 0.15) is 15.9 Å². The predicted molar refractivity (Wildman–Crippen MR) is 64.8 cm³/mol. The van der Waals surface area contributed by atoms with Crippen LogP contribution in [0.5, 0.6) is 0 Å². The fourth-order valence-corrected chi connectivity index (χ4v) is 1.47. The highest BCUT2D eigenvalue weighted by atomic mass is 35.5. The van der Waals surface area contributed by atoms with E-state index in [0.29, 0.717) is 5.02 Å². The molecule has 0 aliphatic carbocycles. The van der Waals surface area contributed by atoms with Gasteiger partial charge in [-0.15, -0.1) is 0 Å². The number of esters is 1. The molecule has 3 nitrogen and oxygen atoms in total. The van der Waals surface area contributed by atoms with Gasteiger partial charge in [0, 0.05) is 11.2 Å². The lowest BCUT2D eigenvalue weighted by molar-refractivity contribution is 0.0466. The quantitative estimate of drug-likeness (QED) is 0.632. The van der Waals surface area contributed by atoms with Gasteiger partial charge in [0.25, 0.3) is 0 Å². The summed E-state index contributed by atoms with van der Waals surface area (Å²) in [6.07, 6.45) is 1.27. The molecule has 0 bridgehead atoms. The molecular weight excluding hydrogens is 257 g/mol. The topological polar surface area (TPSA) is 39.2 Å². The summed E-state index contributed by atoms with van der Waals surface area (Å²) >= 11 is 5.73. The van der Waals surface area contributed by atoms with E-state index >= 15 is 0 Å². The van der Waals surface area contributed by atoms with Gasteiger partial charge in [0.15, 0.2) is 0 Å². The van der Waals surface area contributed by atoms with Gasteiger partial charge in [-0.2, -0.15) is 4.39 Å². The van der Waals surface area contributed by atoms with E-state index in [1.165, 1.54) is 18.3 Å². The van der Waals surface area contributed by atoms with E-state index in [4.69, 9.17) is 16.3 Å². The second-order valence-corrected chi connectivity index (χ2v) is 3.98. The van der Waals surface area contributed by atoms with Gasteiger partial charge in [0.2, 0.25) is 5.95 Å². The molecule has 0 amide bonds. The van der Waals surface area contributed by atoms with Crippen molar-refractivity contribution in [3.8, 4) is 0 Å². The van der Waals surface area contributed by atoms with E-state index in [0.717, 1.165) is 5.56 Å². The highest BCUT2D eigenvalue weighted by molar-refractivity contribution is 6.30. The summed E-state index contributed by atoms with van der Waals surface area (Å²) in [5.41, 5.74) is 0.600. The molecular formula is C13H9ClFNO2. The average molecular weight is 266 g/mol. The van der Waals surface area contributed by atoms with Gasteiger partial charge in [-0.1, -0.05) is 23.7 Å². The van der Waals surface area contributed by atoms with Gasteiger partial charge in [-0.3, -0.25) is 0 Å². The molecule has 0 aliphatic rings. The highest BCUT2D eigenvalue weighted by Gasteiger charge is 2.13. The average Bonchev–Trinajstić information content (AvgIpc) is 2.38. The van der Waals surface area contributed by atoms with Crippen LogP contribution in [0, 0.1) is 5.95 Å². The Kier molecular flexibility index (Phi) is 3.89. The number of halogens is 2. The molecule has 2 rings (SSSR count). The van der Waals surface area contributed by atoms with Crippen molar-refractivity contribution < 1.29 is 13.9 Å². The smallest absolute Gasteiger partial charge is 0.343 e. The lowest BCUT2D eigenvalue weighted by atomic mass is 10.2. The Bertz CT molecular complexity index is 557. The van der Waals surface area contributed by atoms with E-state index in [1.807, 2.05) is 0 Å². The highest BCUT2D eigenvalue weighted by Crippen LogP contribution is 2.12. The second-order valence-electron chi connectivity index (χ2n) is 3.54. The van der Waals surface area contributed by atoms with Gasteiger partial charge >= 0.3 is 5.97 Å². The normalized spacial score (nSPS) is 10.1. The molecule has 1 aromatic heterocycles. The summed E-state index contributed by atoms with van der Waals surface area (Å²) < 4.78 is 18.2. The van der Waals surface area contributed by atoms with E-state index < -0.39 is 11.9 Å². The maximum absolute atomic E-state index is 13.2. The fraction of sp³-hybridized carbons (Fsp3) is 0.0769. The zero-order chi connectivity index (χ0) is 13.0. The Morgan fingerprint density at radius 2 is 2.00 bits per heavy atom. The number of ether oxygens (including phenoxy) is 1. The Labute approximate surface area is 108 Å². The number of carbonyl (C=O) groups excluding carboxylic acids is 1. The Morgan fingerprint density at radius 3 is 2.67 bits per heavy atom. The minimum absolute atomic E-state index is 0.0599. The third kappa shape index (κ3) is 3.05. The molecule has 0 saturated heterocycles.